The van der Waals surface area contributed by atoms with Crippen LogP contribution in [0.5, 0.6) is 0 Å². The van der Waals surface area contributed by atoms with E-state index in [1.807, 2.05) is 18.8 Å². The molecule has 1 heterocycles. The summed E-state index contributed by atoms with van der Waals surface area (Å²) in [5.41, 5.74) is 0.565. The Kier molecular flexibility index (Phi) is 2.16. The Balaban J connectivity index is 2.30. The third kappa shape index (κ3) is 1.16. The molecular weight excluding hydrogens is 120 g/mol. The van der Waals surface area contributed by atoms with E-state index in [0.717, 1.165) is 0 Å². The van der Waals surface area contributed by atoms with E-state index < -0.39 is 0 Å². The Bertz CT molecular complexity index is 76.8. The van der Waals surface area contributed by atoms with Crippen molar-refractivity contribution < 1.29 is 0 Å². The Labute approximate surface area is 54.6 Å². The summed E-state index contributed by atoms with van der Waals surface area (Å²) in [7, 11) is 4.14. The fourth-order valence-corrected chi connectivity index (χ4v) is 2.00. The Hall–Kier alpha value is 0.270. The molecule has 1 N–H and O–H groups in total. The summed E-state index contributed by atoms with van der Waals surface area (Å²) in [4.78, 5) is 2.31. The zero-order valence-electron chi connectivity index (χ0n) is 5.35. The molecule has 1 fully saturated rings. The first-order valence-corrected chi connectivity index (χ1v) is 3.88. The van der Waals surface area contributed by atoms with Gasteiger partial charge in [-0.05, 0) is 14.1 Å². The summed E-state index contributed by atoms with van der Waals surface area (Å²) >= 11 is 1.97. The van der Waals surface area contributed by atoms with Crippen molar-refractivity contribution in [1.29, 1.82) is 0 Å². The molecule has 0 radical (unpaired) electrons. The van der Waals surface area contributed by atoms with Gasteiger partial charge in [0.2, 0.25) is 0 Å². The normalized spacial score (nSPS) is 31.5. The third-order valence-electron chi connectivity index (χ3n) is 1.37. The SMILES string of the molecule is CNC1SCCN1C. The lowest BCUT2D eigenvalue weighted by Gasteiger charge is -2.16. The Morgan fingerprint density at radius 2 is 2.50 bits per heavy atom. The zero-order chi connectivity index (χ0) is 5.98. The van der Waals surface area contributed by atoms with Gasteiger partial charge in [-0.2, -0.15) is 0 Å². The van der Waals surface area contributed by atoms with E-state index in [-0.39, 0.29) is 0 Å². The van der Waals surface area contributed by atoms with Crippen molar-refractivity contribution in [3.8, 4) is 0 Å². The van der Waals surface area contributed by atoms with Gasteiger partial charge in [0.25, 0.3) is 0 Å². The van der Waals surface area contributed by atoms with Crippen molar-refractivity contribution in [2.24, 2.45) is 0 Å². The van der Waals surface area contributed by atoms with Gasteiger partial charge in [0.1, 0.15) is 5.50 Å². The van der Waals surface area contributed by atoms with Crippen LogP contribution in [0.15, 0.2) is 0 Å². The van der Waals surface area contributed by atoms with Gasteiger partial charge in [0, 0.05) is 12.3 Å². The van der Waals surface area contributed by atoms with Crippen LogP contribution in [0.25, 0.3) is 0 Å². The fraction of sp³-hybridized carbons (Fsp3) is 1.00. The lowest BCUT2D eigenvalue weighted by molar-refractivity contribution is 0.325. The van der Waals surface area contributed by atoms with E-state index in [4.69, 9.17) is 0 Å². The second-order valence-corrected chi connectivity index (χ2v) is 3.18. The first-order chi connectivity index (χ1) is 3.84. The Morgan fingerprint density at radius 3 is 2.75 bits per heavy atom. The van der Waals surface area contributed by atoms with Crippen LogP contribution >= 0.6 is 11.8 Å². The lowest BCUT2D eigenvalue weighted by atomic mass is 10.7. The van der Waals surface area contributed by atoms with Crippen molar-refractivity contribution in [3.63, 3.8) is 0 Å². The molecule has 2 nitrogen and oxygen atoms in total. The van der Waals surface area contributed by atoms with Crippen molar-refractivity contribution in [3.05, 3.63) is 0 Å². The minimum Gasteiger partial charge on any atom is -0.296 e. The van der Waals surface area contributed by atoms with Crippen LogP contribution in [-0.2, 0) is 0 Å². The topological polar surface area (TPSA) is 15.3 Å². The molecule has 1 aliphatic heterocycles. The minimum absolute atomic E-state index is 0.565. The van der Waals surface area contributed by atoms with Crippen LogP contribution in [0.4, 0.5) is 0 Å². The monoisotopic (exact) mass is 132 g/mol. The molecule has 0 aromatic heterocycles. The van der Waals surface area contributed by atoms with Gasteiger partial charge in [-0.15, -0.1) is 11.8 Å². The van der Waals surface area contributed by atoms with Crippen LogP contribution in [0.1, 0.15) is 0 Å². The standard InChI is InChI=1S/C5H12N2S/c1-6-5-7(2)3-4-8-5/h5-6H,3-4H2,1-2H3. The summed E-state index contributed by atoms with van der Waals surface area (Å²) < 4.78 is 0. The summed E-state index contributed by atoms with van der Waals surface area (Å²) in [6.07, 6.45) is 0. The van der Waals surface area contributed by atoms with Gasteiger partial charge in [-0.25, -0.2) is 0 Å². The van der Waals surface area contributed by atoms with Gasteiger partial charge in [0.15, 0.2) is 0 Å². The third-order valence-corrected chi connectivity index (χ3v) is 2.70. The molecule has 48 valence electrons. The molecule has 1 aliphatic rings. The van der Waals surface area contributed by atoms with E-state index >= 15 is 0 Å². The maximum absolute atomic E-state index is 3.20. The van der Waals surface area contributed by atoms with Gasteiger partial charge >= 0.3 is 0 Å². The highest BCUT2D eigenvalue weighted by Crippen LogP contribution is 2.17. The highest BCUT2D eigenvalue weighted by atomic mass is 32.2. The van der Waals surface area contributed by atoms with E-state index in [0.29, 0.717) is 5.50 Å². The maximum Gasteiger partial charge on any atom is 0.108 e. The number of rotatable bonds is 1. The van der Waals surface area contributed by atoms with E-state index in [2.05, 4.69) is 17.3 Å². The summed E-state index contributed by atoms with van der Waals surface area (Å²) in [5, 5.41) is 3.20. The van der Waals surface area contributed by atoms with Crippen LogP contribution in [-0.4, -0.2) is 36.8 Å². The van der Waals surface area contributed by atoms with Crippen LogP contribution in [0, 0.1) is 0 Å². The Morgan fingerprint density at radius 1 is 1.75 bits per heavy atom. The van der Waals surface area contributed by atoms with Crippen molar-refractivity contribution in [2.75, 3.05) is 26.4 Å². The average Bonchev–Trinajstić information content (AvgIpc) is 2.14. The molecular formula is C5H12N2S. The van der Waals surface area contributed by atoms with Crippen LogP contribution in [0.2, 0.25) is 0 Å². The van der Waals surface area contributed by atoms with Gasteiger partial charge < -0.3 is 0 Å². The molecule has 0 aliphatic carbocycles. The molecule has 0 amide bonds. The molecule has 0 bridgehead atoms. The predicted molar refractivity (Wildman–Crippen MR) is 37.9 cm³/mol. The van der Waals surface area contributed by atoms with Crippen molar-refractivity contribution in [2.45, 2.75) is 5.50 Å². The average molecular weight is 132 g/mol. The molecule has 3 heteroatoms. The van der Waals surface area contributed by atoms with Gasteiger partial charge in [-0.3, -0.25) is 10.2 Å². The van der Waals surface area contributed by atoms with Crippen LogP contribution in [0.3, 0.4) is 0 Å². The first kappa shape index (κ1) is 6.39. The van der Waals surface area contributed by atoms with E-state index in [9.17, 15) is 0 Å². The van der Waals surface area contributed by atoms with Crippen LogP contribution < -0.4 is 5.32 Å². The number of hydrogen-bond donors (Lipinski definition) is 1. The minimum atomic E-state index is 0.565. The lowest BCUT2D eigenvalue weighted by Crippen LogP contribution is -2.34. The van der Waals surface area contributed by atoms with Gasteiger partial charge in [0.05, 0.1) is 0 Å². The largest absolute Gasteiger partial charge is 0.296 e. The smallest absolute Gasteiger partial charge is 0.108 e. The highest BCUT2D eigenvalue weighted by Gasteiger charge is 2.18. The molecule has 1 atom stereocenters. The van der Waals surface area contributed by atoms with Crippen molar-refractivity contribution in [1.82, 2.24) is 10.2 Å². The molecule has 8 heavy (non-hydrogen) atoms. The molecule has 1 rings (SSSR count). The second-order valence-electron chi connectivity index (χ2n) is 1.99. The van der Waals surface area contributed by atoms with E-state index in [1.54, 1.807) is 0 Å². The summed E-state index contributed by atoms with van der Waals surface area (Å²) in [6.45, 7) is 1.22. The fourth-order valence-electron chi connectivity index (χ4n) is 0.857. The summed E-state index contributed by atoms with van der Waals surface area (Å²) in [6, 6.07) is 0. The summed E-state index contributed by atoms with van der Waals surface area (Å²) in [5.74, 6) is 1.27. The van der Waals surface area contributed by atoms with E-state index in [1.165, 1.54) is 12.3 Å². The maximum atomic E-state index is 3.20. The molecule has 0 spiro atoms. The second kappa shape index (κ2) is 2.71. The number of nitrogens with one attached hydrogen (secondary N) is 1. The zero-order valence-corrected chi connectivity index (χ0v) is 6.16. The predicted octanol–water partition coefficient (Wildman–Crippen LogP) is 0.168. The first-order valence-electron chi connectivity index (χ1n) is 2.83. The molecule has 1 unspecified atom stereocenters. The molecule has 0 aromatic carbocycles. The highest BCUT2D eigenvalue weighted by molar-refractivity contribution is 8.00. The molecule has 0 saturated carbocycles. The molecule has 0 aromatic rings. The quantitative estimate of drug-likeness (QED) is 0.547. The van der Waals surface area contributed by atoms with Gasteiger partial charge in [-0.1, -0.05) is 0 Å². The number of hydrogen-bond acceptors (Lipinski definition) is 3. The number of thioether (sulfide) groups is 1. The molecule has 1 saturated heterocycles. The van der Waals surface area contributed by atoms with Crippen molar-refractivity contribution >= 4 is 11.8 Å². The number of nitrogens with zero attached hydrogens (tertiary/aromatic N) is 1.